The molecule has 1 aromatic carbocycles. The van der Waals surface area contributed by atoms with Gasteiger partial charge < -0.3 is 10.6 Å². The number of amidine groups is 1. The van der Waals surface area contributed by atoms with Crippen molar-refractivity contribution in [3.63, 3.8) is 0 Å². The van der Waals surface area contributed by atoms with E-state index in [0.717, 1.165) is 19.5 Å². The van der Waals surface area contributed by atoms with Gasteiger partial charge in [-0.2, -0.15) is 0 Å². The van der Waals surface area contributed by atoms with Crippen LogP contribution < -0.4 is 15.4 Å². The van der Waals surface area contributed by atoms with Gasteiger partial charge >= 0.3 is 0 Å². The van der Waals surface area contributed by atoms with E-state index < -0.39 is 16.1 Å². The SMILES string of the molecule is CC(N=C1NS(=O)(=O)c2ccccc21)C(=O)NC1CNCCC1C. The number of rotatable bonds is 3. The number of nitrogens with one attached hydrogen (secondary N) is 3. The lowest BCUT2D eigenvalue weighted by Gasteiger charge is -2.30. The molecule has 0 bridgehead atoms. The smallest absolute Gasteiger partial charge is 0.263 e. The molecule has 3 N–H and O–H groups in total. The van der Waals surface area contributed by atoms with E-state index in [2.05, 4.69) is 27.3 Å². The first-order chi connectivity index (χ1) is 11.4. The van der Waals surface area contributed by atoms with E-state index in [4.69, 9.17) is 0 Å². The van der Waals surface area contributed by atoms with E-state index in [-0.39, 0.29) is 22.7 Å². The first-order valence-corrected chi connectivity index (χ1v) is 9.58. The van der Waals surface area contributed by atoms with Crippen LogP contribution in [-0.2, 0) is 14.8 Å². The van der Waals surface area contributed by atoms with Crippen LogP contribution in [0.15, 0.2) is 34.2 Å². The largest absolute Gasteiger partial charge is 0.350 e. The lowest BCUT2D eigenvalue weighted by Crippen LogP contribution is -2.52. The van der Waals surface area contributed by atoms with Gasteiger partial charge in [-0.25, -0.2) is 8.42 Å². The fraction of sp³-hybridized carbons (Fsp3) is 0.500. The van der Waals surface area contributed by atoms with Gasteiger partial charge in [0.15, 0.2) is 0 Å². The zero-order valence-corrected chi connectivity index (χ0v) is 14.6. The number of hydrogen-bond acceptors (Lipinski definition) is 5. The molecule has 1 amide bonds. The summed E-state index contributed by atoms with van der Waals surface area (Å²) in [5.74, 6) is 0.426. The van der Waals surface area contributed by atoms with Gasteiger partial charge in [-0.05, 0) is 37.9 Å². The third kappa shape index (κ3) is 3.29. The van der Waals surface area contributed by atoms with Crippen LogP contribution in [-0.4, -0.2) is 45.3 Å². The lowest BCUT2D eigenvalue weighted by atomic mass is 9.94. The van der Waals surface area contributed by atoms with Crippen molar-refractivity contribution in [3.05, 3.63) is 29.8 Å². The Balaban J connectivity index is 1.75. The predicted octanol–water partition coefficient (Wildman–Crippen LogP) is 0.228. The van der Waals surface area contributed by atoms with Crippen molar-refractivity contribution in [2.45, 2.75) is 37.2 Å². The molecule has 0 aliphatic carbocycles. The molecular weight excluding hydrogens is 328 g/mol. The molecule has 0 aromatic heterocycles. The van der Waals surface area contributed by atoms with Gasteiger partial charge in [-0.1, -0.05) is 19.1 Å². The zero-order chi connectivity index (χ0) is 17.3. The molecule has 1 fully saturated rings. The van der Waals surface area contributed by atoms with Crippen LogP contribution in [0.3, 0.4) is 0 Å². The molecule has 0 radical (unpaired) electrons. The summed E-state index contributed by atoms with van der Waals surface area (Å²) >= 11 is 0. The van der Waals surface area contributed by atoms with Gasteiger partial charge in [-0.15, -0.1) is 0 Å². The maximum Gasteiger partial charge on any atom is 0.263 e. The summed E-state index contributed by atoms with van der Waals surface area (Å²) in [6.07, 6.45) is 1.01. The molecule has 7 nitrogen and oxygen atoms in total. The minimum Gasteiger partial charge on any atom is -0.350 e. The quantitative estimate of drug-likeness (QED) is 0.726. The van der Waals surface area contributed by atoms with Crippen LogP contribution in [0, 0.1) is 5.92 Å². The minimum absolute atomic E-state index is 0.0708. The highest BCUT2D eigenvalue weighted by Crippen LogP contribution is 2.22. The monoisotopic (exact) mass is 350 g/mol. The Labute approximate surface area is 142 Å². The summed E-state index contributed by atoms with van der Waals surface area (Å²) < 4.78 is 26.6. The number of aliphatic imine (C=N–C) groups is 1. The van der Waals surface area contributed by atoms with Gasteiger partial charge in [0.1, 0.15) is 11.9 Å². The number of piperidine rings is 1. The molecule has 8 heteroatoms. The maximum atomic E-state index is 12.4. The second-order valence-electron chi connectivity index (χ2n) is 6.34. The van der Waals surface area contributed by atoms with Gasteiger partial charge in [0.25, 0.3) is 10.0 Å². The molecule has 2 heterocycles. The van der Waals surface area contributed by atoms with Gasteiger partial charge in [0, 0.05) is 18.2 Å². The molecule has 3 rings (SSSR count). The molecule has 24 heavy (non-hydrogen) atoms. The maximum absolute atomic E-state index is 12.4. The van der Waals surface area contributed by atoms with E-state index >= 15 is 0 Å². The number of carbonyl (C=O) groups excluding carboxylic acids is 1. The summed E-state index contributed by atoms with van der Waals surface area (Å²) in [5.41, 5.74) is 0.504. The highest BCUT2D eigenvalue weighted by molar-refractivity contribution is 7.90. The van der Waals surface area contributed by atoms with Crippen LogP contribution in [0.5, 0.6) is 0 Å². The summed E-state index contributed by atoms with van der Waals surface area (Å²) in [5, 5.41) is 6.27. The van der Waals surface area contributed by atoms with E-state index in [1.807, 2.05) is 0 Å². The van der Waals surface area contributed by atoms with Crippen molar-refractivity contribution < 1.29 is 13.2 Å². The lowest BCUT2D eigenvalue weighted by molar-refractivity contribution is -0.123. The molecule has 1 saturated heterocycles. The van der Waals surface area contributed by atoms with Gasteiger partial charge in [-0.3, -0.25) is 14.5 Å². The molecule has 2 aliphatic heterocycles. The minimum atomic E-state index is -3.58. The van der Waals surface area contributed by atoms with Crippen molar-refractivity contribution in [2.75, 3.05) is 13.1 Å². The van der Waals surface area contributed by atoms with E-state index in [0.29, 0.717) is 11.5 Å². The van der Waals surface area contributed by atoms with Gasteiger partial charge in [0.05, 0.1) is 4.90 Å². The van der Waals surface area contributed by atoms with E-state index in [1.165, 1.54) is 6.07 Å². The van der Waals surface area contributed by atoms with Crippen LogP contribution in [0.25, 0.3) is 0 Å². The number of fused-ring (bicyclic) bond motifs is 1. The van der Waals surface area contributed by atoms with E-state index in [1.54, 1.807) is 25.1 Å². The van der Waals surface area contributed by atoms with Crippen LogP contribution in [0.2, 0.25) is 0 Å². The predicted molar refractivity (Wildman–Crippen MR) is 91.3 cm³/mol. The Morgan fingerprint density at radius 1 is 1.38 bits per heavy atom. The second-order valence-corrected chi connectivity index (χ2v) is 7.99. The van der Waals surface area contributed by atoms with Crippen molar-refractivity contribution in [1.82, 2.24) is 15.4 Å². The molecule has 3 unspecified atom stereocenters. The Morgan fingerprint density at radius 3 is 2.88 bits per heavy atom. The zero-order valence-electron chi connectivity index (χ0n) is 13.7. The summed E-state index contributed by atoms with van der Waals surface area (Å²) in [6, 6.07) is 6.01. The van der Waals surface area contributed by atoms with Crippen molar-refractivity contribution >= 4 is 21.8 Å². The van der Waals surface area contributed by atoms with E-state index in [9.17, 15) is 13.2 Å². The topological polar surface area (TPSA) is 99.7 Å². The Hall–Kier alpha value is -1.93. The summed E-state index contributed by atoms with van der Waals surface area (Å²) in [7, 11) is -3.58. The molecule has 2 aliphatic rings. The average Bonchev–Trinajstić information content (AvgIpc) is 2.81. The average molecular weight is 350 g/mol. The Bertz CT molecular complexity index is 775. The number of sulfonamides is 1. The molecule has 130 valence electrons. The fourth-order valence-electron chi connectivity index (χ4n) is 2.97. The van der Waals surface area contributed by atoms with Gasteiger partial charge in [0.2, 0.25) is 5.91 Å². The third-order valence-corrected chi connectivity index (χ3v) is 5.92. The van der Waals surface area contributed by atoms with Crippen molar-refractivity contribution in [1.29, 1.82) is 0 Å². The summed E-state index contributed by atoms with van der Waals surface area (Å²) in [6.45, 7) is 5.48. The number of amides is 1. The number of benzene rings is 1. The van der Waals surface area contributed by atoms with Crippen LogP contribution in [0.4, 0.5) is 0 Å². The highest BCUT2D eigenvalue weighted by atomic mass is 32.2. The van der Waals surface area contributed by atoms with Crippen molar-refractivity contribution in [3.8, 4) is 0 Å². The van der Waals surface area contributed by atoms with Crippen LogP contribution in [0.1, 0.15) is 25.8 Å². The summed E-state index contributed by atoms with van der Waals surface area (Å²) in [4.78, 5) is 16.9. The first-order valence-electron chi connectivity index (χ1n) is 8.09. The standard InChI is InChI=1S/C16H22N4O3S/c1-10-7-8-17-9-13(10)19-16(21)11(2)18-15-12-5-3-4-6-14(12)24(22,23)20-15/h3-6,10-11,13,17H,7-9H2,1-2H3,(H,18,20)(H,19,21). The first kappa shape index (κ1) is 16.9. The molecule has 0 saturated carbocycles. The molecule has 3 atom stereocenters. The number of carbonyl (C=O) groups is 1. The molecule has 1 aromatic rings. The number of hydrogen-bond donors (Lipinski definition) is 3. The Kier molecular flexibility index (Phi) is 4.60. The highest BCUT2D eigenvalue weighted by Gasteiger charge is 2.31. The Morgan fingerprint density at radius 2 is 2.12 bits per heavy atom. The van der Waals surface area contributed by atoms with Crippen molar-refractivity contribution in [2.24, 2.45) is 10.9 Å². The normalized spacial score (nSPS) is 28.0. The fourth-order valence-corrected chi connectivity index (χ4v) is 4.21. The molecular formula is C16H22N4O3S. The second kappa shape index (κ2) is 6.52. The molecule has 0 spiro atoms. The number of nitrogens with zero attached hydrogens (tertiary/aromatic N) is 1. The third-order valence-electron chi connectivity index (χ3n) is 4.52. The van der Waals surface area contributed by atoms with Crippen LogP contribution >= 0.6 is 0 Å².